The average molecular weight is 715 g/mol. The molecule has 0 radical (unpaired) electrons. The highest BCUT2D eigenvalue weighted by molar-refractivity contribution is 6.24. The highest BCUT2D eigenvalue weighted by Crippen LogP contribution is 2.34. The zero-order valence-electron chi connectivity index (χ0n) is 28.7. The number of aryl methyl sites for hydroxylation is 1. The number of nitrogens with zero attached hydrogens (tertiary/aromatic N) is 6. The molecule has 16 heteroatoms. The number of primary amides is 1. The molecule has 5 N–H and O–H groups in total. The summed E-state index contributed by atoms with van der Waals surface area (Å²) in [4.78, 5) is 76.5. The molecule has 5 aromatic rings. The van der Waals surface area contributed by atoms with Crippen LogP contribution in [0.2, 0.25) is 0 Å². The number of anilines is 4. The van der Waals surface area contributed by atoms with Crippen molar-refractivity contribution in [2.24, 2.45) is 11.1 Å². The van der Waals surface area contributed by atoms with E-state index in [1.807, 2.05) is 19.1 Å². The van der Waals surface area contributed by atoms with Crippen molar-refractivity contribution in [1.82, 2.24) is 29.9 Å². The molecule has 0 spiro atoms. The van der Waals surface area contributed by atoms with Gasteiger partial charge in [0.1, 0.15) is 18.8 Å². The van der Waals surface area contributed by atoms with Gasteiger partial charge in [-0.3, -0.25) is 29.0 Å². The van der Waals surface area contributed by atoms with Crippen LogP contribution in [0.4, 0.5) is 23.0 Å². The molecule has 0 saturated carbocycles. The molecule has 268 valence electrons. The Morgan fingerprint density at radius 2 is 1.79 bits per heavy atom. The number of hydrogen-bond acceptors (Lipinski definition) is 12. The lowest BCUT2D eigenvalue weighted by molar-refractivity contribution is -0.154. The Balaban J connectivity index is 1.07. The molecule has 16 nitrogen and oxygen atoms in total. The van der Waals surface area contributed by atoms with Gasteiger partial charge in [-0.15, -0.1) is 5.10 Å². The van der Waals surface area contributed by atoms with Crippen LogP contribution in [0.1, 0.15) is 41.4 Å². The first-order valence-corrected chi connectivity index (χ1v) is 16.4. The summed E-state index contributed by atoms with van der Waals surface area (Å²) in [5.74, 6) is -2.45. The standard InChI is InChI=1S/C37H34N10O6/c1-22-15-26(8-9-29(22)43-36-40-14-11-30(44-36)24-6-4-13-39-18-24)41-33(50)23-5-3-7-25(16-23)42-34(51)28-17-37(2,12-10-31(28)48)35(52)53-21-27-19-47(46-45-27)20-32(38)49/h3-9,11,13-19H,10,12,20-21H2,1-2H3,(H2,38,49)(H,41,50)(H,42,51)(H,40,43,44)/t37-/m1/s1. The van der Waals surface area contributed by atoms with Crippen LogP contribution in [0.25, 0.3) is 11.3 Å². The molecular formula is C37H34N10O6. The number of nitrogens with two attached hydrogens (primary N) is 1. The number of carbonyl (C=O) groups is 5. The zero-order chi connectivity index (χ0) is 37.5. The van der Waals surface area contributed by atoms with Crippen LogP contribution in [0.5, 0.6) is 0 Å². The first-order chi connectivity index (χ1) is 25.5. The molecule has 1 aliphatic rings. The van der Waals surface area contributed by atoms with E-state index in [0.717, 1.165) is 22.5 Å². The maximum absolute atomic E-state index is 13.3. The fourth-order valence-electron chi connectivity index (χ4n) is 5.51. The first kappa shape index (κ1) is 35.7. The Hall–Kier alpha value is -7.10. The van der Waals surface area contributed by atoms with Gasteiger partial charge in [-0.25, -0.2) is 14.6 Å². The lowest BCUT2D eigenvalue weighted by Crippen LogP contribution is -2.35. The van der Waals surface area contributed by atoms with Crippen molar-refractivity contribution in [2.45, 2.75) is 39.8 Å². The molecular weight excluding hydrogens is 680 g/mol. The second-order valence-corrected chi connectivity index (χ2v) is 12.5. The van der Waals surface area contributed by atoms with E-state index in [2.05, 4.69) is 41.2 Å². The topological polar surface area (TPSA) is 226 Å². The molecule has 3 heterocycles. The van der Waals surface area contributed by atoms with Gasteiger partial charge in [0.2, 0.25) is 11.9 Å². The van der Waals surface area contributed by atoms with Crippen molar-refractivity contribution >= 4 is 52.5 Å². The molecule has 53 heavy (non-hydrogen) atoms. The van der Waals surface area contributed by atoms with Crippen LogP contribution >= 0.6 is 0 Å². The summed E-state index contributed by atoms with van der Waals surface area (Å²) in [6.07, 6.45) is 7.88. The molecule has 3 aromatic heterocycles. The minimum absolute atomic E-state index is 0.0549. The van der Waals surface area contributed by atoms with Crippen LogP contribution in [-0.4, -0.2) is 59.4 Å². The van der Waals surface area contributed by atoms with Crippen molar-refractivity contribution in [2.75, 3.05) is 16.0 Å². The molecule has 3 amide bonds. The minimum atomic E-state index is -1.27. The molecule has 0 saturated heterocycles. The van der Waals surface area contributed by atoms with E-state index in [9.17, 15) is 24.0 Å². The fraction of sp³-hybridized carbons (Fsp3) is 0.189. The number of carbonyl (C=O) groups excluding carboxylic acids is 5. The van der Waals surface area contributed by atoms with Gasteiger partial charge in [0.05, 0.1) is 22.9 Å². The molecule has 2 aromatic carbocycles. The number of benzene rings is 2. The predicted molar refractivity (Wildman–Crippen MR) is 192 cm³/mol. The van der Waals surface area contributed by atoms with Gasteiger partial charge in [0.25, 0.3) is 11.8 Å². The van der Waals surface area contributed by atoms with Gasteiger partial charge in [-0.05, 0) is 80.4 Å². The molecule has 0 bridgehead atoms. The van der Waals surface area contributed by atoms with E-state index in [1.54, 1.807) is 68.0 Å². The number of pyridine rings is 1. The number of aromatic nitrogens is 6. The summed E-state index contributed by atoms with van der Waals surface area (Å²) < 4.78 is 6.62. The highest BCUT2D eigenvalue weighted by Gasteiger charge is 2.40. The van der Waals surface area contributed by atoms with E-state index in [0.29, 0.717) is 17.3 Å². The zero-order valence-corrected chi connectivity index (χ0v) is 28.7. The van der Waals surface area contributed by atoms with Crippen LogP contribution < -0.4 is 21.7 Å². The Bertz CT molecular complexity index is 2250. The van der Waals surface area contributed by atoms with Gasteiger partial charge < -0.3 is 26.4 Å². The van der Waals surface area contributed by atoms with Crippen molar-refractivity contribution in [1.29, 1.82) is 0 Å². The largest absolute Gasteiger partial charge is 0.458 e. The number of ether oxygens (including phenoxy) is 1. The van der Waals surface area contributed by atoms with Gasteiger partial charge in [-0.1, -0.05) is 17.4 Å². The maximum atomic E-state index is 13.3. The number of Topliss-reactive ketones (excluding diaryl/α,β-unsaturated/α-hetero) is 1. The molecule has 1 atom stereocenters. The van der Waals surface area contributed by atoms with Crippen LogP contribution in [0, 0.1) is 12.3 Å². The van der Waals surface area contributed by atoms with E-state index >= 15 is 0 Å². The average Bonchev–Trinajstić information content (AvgIpc) is 3.59. The number of hydrogen-bond donors (Lipinski definition) is 4. The van der Waals surface area contributed by atoms with Crippen molar-refractivity contribution in [3.8, 4) is 11.3 Å². The molecule has 0 aliphatic heterocycles. The second-order valence-electron chi connectivity index (χ2n) is 12.5. The third-order valence-corrected chi connectivity index (χ3v) is 8.33. The summed E-state index contributed by atoms with van der Waals surface area (Å²) in [7, 11) is 0. The van der Waals surface area contributed by atoms with Crippen LogP contribution in [0.3, 0.4) is 0 Å². The number of esters is 1. The molecule has 0 fully saturated rings. The highest BCUT2D eigenvalue weighted by atomic mass is 16.5. The number of ketones is 1. The van der Waals surface area contributed by atoms with Crippen LogP contribution in [-0.2, 0) is 37.1 Å². The Labute approximate surface area is 302 Å². The van der Waals surface area contributed by atoms with E-state index in [1.165, 1.54) is 23.0 Å². The summed E-state index contributed by atoms with van der Waals surface area (Å²) >= 11 is 0. The van der Waals surface area contributed by atoms with E-state index in [-0.39, 0.29) is 42.8 Å². The van der Waals surface area contributed by atoms with Crippen molar-refractivity contribution < 1.29 is 28.7 Å². The summed E-state index contributed by atoms with van der Waals surface area (Å²) in [6, 6.07) is 17.1. The van der Waals surface area contributed by atoms with E-state index < -0.39 is 34.9 Å². The van der Waals surface area contributed by atoms with Gasteiger partial charge in [-0.2, -0.15) is 0 Å². The Kier molecular flexibility index (Phi) is 10.4. The smallest absolute Gasteiger partial charge is 0.316 e. The third kappa shape index (κ3) is 8.80. The van der Waals surface area contributed by atoms with Crippen LogP contribution in [0.15, 0.2) is 97.1 Å². The molecule has 6 rings (SSSR count). The monoisotopic (exact) mass is 714 g/mol. The summed E-state index contributed by atoms with van der Waals surface area (Å²) in [5.41, 5.74) is 8.20. The number of nitrogens with one attached hydrogen (secondary N) is 3. The first-order valence-electron chi connectivity index (χ1n) is 16.4. The summed E-state index contributed by atoms with van der Waals surface area (Å²) in [6.45, 7) is 3.04. The third-order valence-electron chi connectivity index (χ3n) is 8.33. The van der Waals surface area contributed by atoms with Crippen molar-refractivity contribution in [3.05, 3.63) is 114 Å². The number of amides is 3. The summed E-state index contributed by atoms with van der Waals surface area (Å²) in [5, 5.41) is 16.3. The van der Waals surface area contributed by atoms with Gasteiger partial charge in [0, 0.05) is 53.2 Å². The lowest BCUT2D eigenvalue weighted by Gasteiger charge is -2.28. The minimum Gasteiger partial charge on any atom is -0.458 e. The quantitative estimate of drug-likeness (QED) is 0.107. The maximum Gasteiger partial charge on any atom is 0.316 e. The van der Waals surface area contributed by atoms with Gasteiger partial charge in [0.15, 0.2) is 5.78 Å². The normalized spacial score (nSPS) is 15.2. The lowest BCUT2D eigenvalue weighted by atomic mass is 9.77. The predicted octanol–water partition coefficient (Wildman–Crippen LogP) is 3.90. The van der Waals surface area contributed by atoms with Gasteiger partial charge >= 0.3 is 5.97 Å². The second kappa shape index (κ2) is 15.4. The molecule has 0 unspecified atom stereocenters. The van der Waals surface area contributed by atoms with Crippen molar-refractivity contribution in [3.63, 3.8) is 0 Å². The Morgan fingerprint density at radius 1 is 0.981 bits per heavy atom. The van der Waals surface area contributed by atoms with E-state index in [4.69, 9.17) is 10.5 Å². The SMILES string of the molecule is Cc1cc(NC(=O)c2cccc(NC(=O)C3=C[C@](C)(C(=O)OCc4cn(CC(N)=O)nn4)CCC3=O)c2)ccc1Nc1nccc(-c2cccnc2)n1. The fourth-order valence-corrected chi connectivity index (χ4v) is 5.51. The number of rotatable bonds is 12. The molecule has 1 aliphatic carbocycles. The Morgan fingerprint density at radius 3 is 2.57 bits per heavy atom.